The number of aryl methyl sites for hydroxylation is 2. The van der Waals surface area contributed by atoms with E-state index < -0.39 is 48.3 Å². The number of amides is 5. The van der Waals surface area contributed by atoms with E-state index in [4.69, 9.17) is 26.4 Å². The Morgan fingerprint density at radius 2 is 1.80 bits per heavy atom. The van der Waals surface area contributed by atoms with Gasteiger partial charge in [-0.15, -0.1) is 0 Å². The lowest BCUT2D eigenvalue weighted by Crippen LogP contribution is -2.58. The van der Waals surface area contributed by atoms with Crippen molar-refractivity contribution in [3.63, 3.8) is 0 Å². The van der Waals surface area contributed by atoms with Crippen LogP contribution in [0, 0.1) is 19.8 Å². The second-order valence-electron chi connectivity index (χ2n) is 10.0. The highest BCUT2D eigenvalue weighted by Crippen LogP contribution is 2.34. The zero-order valence-electron chi connectivity index (χ0n) is 25.2. The Bertz CT molecular complexity index is 1640. The number of urea groups is 1. The van der Waals surface area contributed by atoms with Gasteiger partial charge in [0.15, 0.2) is 29.1 Å². The molecule has 1 fully saturated rings. The molecule has 1 saturated heterocycles. The summed E-state index contributed by atoms with van der Waals surface area (Å²) in [5.74, 6) is -3.48. The summed E-state index contributed by atoms with van der Waals surface area (Å²) in [5.41, 5.74) is 5.79. The molecule has 4 rings (SSSR count). The number of nitrogens with zero attached hydrogens (tertiary/aromatic N) is 2. The molecule has 0 saturated carbocycles. The number of anilines is 1. The average molecular weight is 637 g/mol. The van der Waals surface area contributed by atoms with Gasteiger partial charge in [0, 0.05) is 11.9 Å². The Kier molecular flexibility index (Phi) is 10.1. The fourth-order valence-electron chi connectivity index (χ4n) is 4.60. The van der Waals surface area contributed by atoms with Crippen LogP contribution in [0.5, 0.6) is 11.5 Å². The summed E-state index contributed by atoms with van der Waals surface area (Å²) in [6, 6.07) is 8.72. The normalized spacial score (nSPS) is 18.3. The second kappa shape index (κ2) is 14.0. The molecule has 2 aromatic carbocycles. The van der Waals surface area contributed by atoms with Crippen molar-refractivity contribution in [3.05, 3.63) is 64.4 Å². The molecule has 2 atom stereocenters. The molecule has 2 aliphatic rings. The van der Waals surface area contributed by atoms with Gasteiger partial charge in [0.2, 0.25) is 5.91 Å². The van der Waals surface area contributed by atoms with Gasteiger partial charge in [-0.2, -0.15) is 5.10 Å². The third-order valence-electron chi connectivity index (χ3n) is 7.01. The van der Waals surface area contributed by atoms with Gasteiger partial charge >= 0.3 is 12.0 Å². The van der Waals surface area contributed by atoms with Crippen LogP contribution in [0.15, 0.2) is 52.8 Å². The Morgan fingerprint density at radius 1 is 1.04 bits per heavy atom. The molecular formula is C30H32N6O8S. The van der Waals surface area contributed by atoms with Crippen LogP contribution in [-0.4, -0.2) is 61.4 Å². The zero-order valence-corrected chi connectivity index (χ0v) is 26.0. The van der Waals surface area contributed by atoms with E-state index in [0.29, 0.717) is 16.9 Å². The van der Waals surface area contributed by atoms with Crippen LogP contribution in [0.3, 0.4) is 0 Å². The highest BCUT2D eigenvalue weighted by molar-refractivity contribution is 7.80. The van der Waals surface area contributed by atoms with Gasteiger partial charge < -0.3 is 30.2 Å². The molecule has 45 heavy (non-hydrogen) atoms. The van der Waals surface area contributed by atoms with E-state index in [1.165, 1.54) is 18.1 Å². The van der Waals surface area contributed by atoms with E-state index in [9.17, 15) is 24.0 Å². The fourth-order valence-corrected chi connectivity index (χ4v) is 4.89. The molecular weight excluding hydrogens is 604 g/mol. The molecule has 0 unspecified atom stereocenters. The van der Waals surface area contributed by atoms with Gasteiger partial charge in [0.1, 0.15) is 0 Å². The quantitative estimate of drug-likeness (QED) is 0.1000. The van der Waals surface area contributed by atoms with Crippen molar-refractivity contribution in [2.45, 2.75) is 33.7 Å². The number of allylic oxidation sites excluding steroid dienone is 1. The molecule has 2 aliphatic heterocycles. The summed E-state index contributed by atoms with van der Waals surface area (Å²) in [6.45, 7) is 6.76. The summed E-state index contributed by atoms with van der Waals surface area (Å²) < 4.78 is 16.2. The first-order chi connectivity index (χ1) is 21.4. The van der Waals surface area contributed by atoms with E-state index in [1.54, 1.807) is 38.1 Å². The van der Waals surface area contributed by atoms with Crippen molar-refractivity contribution in [1.82, 2.24) is 21.4 Å². The smallest absolute Gasteiger partial charge is 0.338 e. The van der Waals surface area contributed by atoms with Crippen molar-refractivity contribution in [2.75, 3.05) is 25.2 Å². The fraction of sp³-hybridized carbons (Fsp3) is 0.300. The van der Waals surface area contributed by atoms with E-state index in [2.05, 4.69) is 26.5 Å². The predicted octanol–water partition coefficient (Wildman–Crippen LogP) is 2.05. The molecule has 0 aromatic heterocycles. The molecule has 0 radical (unpaired) electrons. The SMILES string of the molecule is CCOC(=O)C1=C(C)NC(=O)N[C@@H]1c1ccc(OCC(=O)N/N=C/[C@H]2C(=O)NC(=S)N(c3ccc(C)c(C)c3)C2=O)c(OC)c1. The summed E-state index contributed by atoms with van der Waals surface area (Å²) in [7, 11) is 1.39. The maximum absolute atomic E-state index is 13.1. The molecule has 15 heteroatoms. The first kappa shape index (κ1) is 32.6. The first-order valence-electron chi connectivity index (χ1n) is 13.8. The maximum atomic E-state index is 13.1. The summed E-state index contributed by atoms with van der Waals surface area (Å²) >= 11 is 5.22. The van der Waals surface area contributed by atoms with Crippen LogP contribution in [-0.2, 0) is 23.9 Å². The number of benzene rings is 2. The molecule has 2 aromatic rings. The number of carbonyl (C=O) groups excluding carboxylic acids is 5. The Labute approximate surface area is 264 Å². The van der Waals surface area contributed by atoms with Crippen molar-refractivity contribution in [3.8, 4) is 11.5 Å². The summed E-state index contributed by atoms with van der Waals surface area (Å²) in [6.07, 6.45) is 1.02. The molecule has 2 heterocycles. The topological polar surface area (TPSA) is 177 Å². The van der Waals surface area contributed by atoms with Gasteiger partial charge in [-0.05, 0) is 80.9 Å². The number of thiocarbonyl (C=S) groups is 1. The van der Waals surface area contributed by atoms with Crippen LogP contribution < -0.4 is 35.7 Å². The lowest BCUT2D eigenvalue weighted by atomic mass is 9.95. The molecule has 236 valence electrons. The van der Waals surface area contributed by atoms with E-state index >= 15 is 0 Å². The highest BCUT2D eigenvalue weighted by Gasteiger charge is 2.38. The molecule has 4 N–H and O–H groups in total. The van der Waals surface area contributed by atoms with Gasteiger partial charge in [-0.1, -0.05) is 12.1 Å². The van der Waals surface area contributed by atoms with E-state index in [0.717, 1.165) is 17.3 Å². The minimum atomic E-state index is -1.33. The van der Waals surface area contributed by atoms with Gasteiger partial charge in [-0.3, -0.25) is 19.3 Å². The van der Waals surface area contributed by atoms with Crippen LogP contribution >= 0.6 is 12.2 Å². The highest BCUT2D eigenvalue weighted by atomic mass is 32.1. The lowest BCUT2D eigenvalue weighted by molar-refractivity contribution is -0.139. The largest absolute Gasteiger partial charge is 0.493 e. The number of nitrogens with one attached hydrogen (secondary N) is 4. The van der Waals surface area contributed by atoms with Crippen molar-refractivity contribution < 1.29 is 38.2 Å². The lowest BCUT2D eigenvalue weighted by Gasteiger charge is -2.31. The number of hydrazone groups is 1. The maximum Gasteiger partial charge on any atom is 0.338 e. The standard InChI is InChI=1S/C30H32N6O8S/c1-6-43-28(40)24-17(4)32-29(41)33-25(24)18-8-10-21(22(12-18)42-5)44-14-23(37)35-31-13-20-26(38)34-30(45)36(27(20)39)19-9-7-15(2)16(3)11-19/h7-13,20,25H,6,14H2,1-5H3,(H,35,37)(H2,32,33,41)(H,34,38,45)/b31-13+/t20-,25+/m0/s1. The molecule has 0 spiro atoms. The molecule has 0 aliphatic carbocycles. The molecule has 0 bridgehead atoms. The number of rotatable bonds is 10. The number of carbonyl (C=O) groups is 5. The number of hydrogen-bond donors (Lipinski definition) is 4. The van der Waals surface area contributed by atoms with Crippen molar-refractivity contribution >= 4 is 59.0 Å². The van der Waals surface area contributed by atoms with Crippen LogP contribution in [0.1, 0.15) is 36.6 Å². The van der Waals surface area contributed by atoms with Crippen molar-refractivity contribution in [1.29, 1.82) is 0 Å². The second-order valence-corrected chi connectivity index (χ2v) is 10.4. The van der Waals surface area contributed by atoms with Gasteiger partial charge in [0.25, 0.3) is 11.8 Å². The minimum absolute atomic E-state index is 0.0545. The summed E-state index contributed by atoms with van der Waals surface area (Å²) in [4.78, 5) is 64.1. The Hall–Kier alpha value is -5.31. The number of hydrogen-bond acceptors (Lipinski definition) is 10. The number of methoxy groups -OCH3 is 1. The average Bonchev–Trinajstić information content (AvgIpc) is 2.99. The van der Waals surface area contributed by atoms with Gasteiger partial charge in [0.05, 0.1) is 31.0 Å². The van der Waals surface area contributed by atoms with E-state index in [1.807, 2.05) is 19.9 Å². The molecule has 5 amide bonds. The van der Waals surface area contributed by atoms with E-state index in [-0.39, 0.29) is 28.8 Å². The van der Waals surface area contributed by atoms with Crippen molar-refractivity contribution in [2.24, 2.45) is 11.0 Å². The number of ether oxygens (including phenoxy) is 3. The minimum Gasteiger partial charge on any atom is -0.493 e. The monoisotopic (exact) mass is 636 g/mol. The Balaban J connectivity index is 1.41. The molecule has 14 nitrogen and oxygen atoms in total. The predicted molar refractivity (Wildman–Crippen MR) is 166 cm³/mol. The van der Waals surface area contributed by atoms with Crippen LogP contribution in [0.4, 0.5) is 10.5 Å². The van der Waals surface area contributed by atoms with Crippen LogP contribution in [0.25, 0.3) is 0 Å². The van der Waals surface area contributed by atoms with Crippen LogP contribution in [0.2, 0.25) is 0 Å². The number of esters is 1. The summed E-state index contributed by atoms with van der Waals surface area (Å²) in [5, 5.41) is 11.5. The van der Waals surface area contributed by atoms with Gasteiger partial charge in [-0.25, -0.2) is 15.0 Å². The third kappa shape index (κ3) is 7.26. The first-order valence-corrected chi connectivity index (χ1v) is 14.2. The Morgan fingerprint density at radius 3 is 2.49 bits per heavy atom. The third-order valence-corrected chi connectivity index (χ3v) is 7.29. The zero-order chi connectivity index (χ0) is 32.8.